The zero-order valence-corrected chi connectivity index (χ0v) is 16.0. The maximum Gasteiger partial charge on any atom is 0.416 e. The van der Waals surface area contributed by atoms with E-state index >= 15 is 0 Å². The number of ether oxygens (including phenoxy) is 1. The number of carbonyl (C=O) groups is 2. The summed E-state index contributed by atoms with van der Waals surface area (Å²) in [6.45, 7) is 2.28. The largest absolute Gasteiger partial charge is 0.479 e. The molecule has 1 unspecified atom stereocenters. The maximum atomic E-state index is 14.7. The first-order valence-corrected chi connectivity index (χ1v) is 9.28. The van der Waals surface area contributed by atoms with E-state index in [1.807, 2.05) is 0 Å². The highest BCUT2D eigenvalue weighted by molar-refractivity contribution is 5.95. The molecule has 5 nitrogen and oxygen atoms in total. The van der Waals surface area contributed by atoms with Gasteiger partial charge in [-0.25, -0.2) is 9.18 Å². The number of rotatable bonds is 5. The van der Waals surface area contributed by atoms with Gasteiger partial charge in [0.25, 0.3) is 5.91 Å². The van der Waals surface area contributed by atoms with Crippen LogP contribution in [0.1, 0.15) is 35.7 Å². The molecule has 1 fully saturated rings. The number of likely N-dealkylation sites (tertiary alicyclic amines) is 1. The molecule has 0 radical (unpaired) electrons. The summed E-state index contributed by atoms with van der Waals surface area (Å²) in [5.74, 6) is -2.80. The number of aliphatic carboxylic acids is 1. The van der Waals surface area contributed by atoms with Gasteiger partial charge < -0.3 is 14.7 Å². The van der Waals surface area contributed by atoms with Crippen LogP contribution in [0, 0.1) is 5.82 Å². The van der Waals surface area contributed by atoms with E-state index in [2.05, 4.69) is 0 Å². The number of carboxylic acids is 1. The van der Waals surface area contributed by atoms with Crippen LogP contribution in [0.2, 0.25) is 0 Å². The van der Waals surface area contributed by atoms with Crippen LogP contribution in [0.5, 0.6) is 5.75 Å². The molecular weight excluding hydrogens is 406 g/mol. The Balaban J connectivity index is 2.02. The van der Waals surface area contributed by atoms with Crippen LogP contribution in [-0.4, -0.2) is 41.1 Å². The van der Waals surface area contributed by atoms with E-state index in [4.69, 9.17) is 9.84 Å². The molecule has 0 saturated carbocycles. The smallest absolute Gasteiger partial charge is 0.416 e. The van der Waals surface area contributed by atoms with E-state index < -0.39 is 35.5 Å². The van der Waals surface area contributed by atoms with E-state index in [0.29, 0.717) is 13.1 Å². The Morgan fingerprint density at radius 1 is 1.10 bits per heavy atom. The lowest BCUT2D eigenvalue weighted by molar-refractivity contribution is -0.144. The zero-order chi connectivity index (χ0) is 22.1. The third-order valence-corrected chi connectivity index (χ3v) is 4.86. The highest BCUT2D eigenvalue weighted by atomic mass is 19.4. The molecule has 0 spiro atoms. The second kappa shape index (κ2) is 8.33. The van der Waals surface area contributed by atoms with E-state index in [1.54, 1.807) is 0 Å². The number of benzene rings is 2. The molecule has 30 heavy (non-hydrogen) atoms. The summed E-state index contributed by atoms with van der Waals surface area (Å²) in [6, 6.07) is 6.02. The second-order valence-corrected chi connectivity index (χ2v) is 7.00. The number of alkyl halides is 3. The minimum atomic E-state index is -4.66. The van der Waals surface area contributed by atoms with Crippen LogP contribution in [0.4, 0.5) is 17.6 Å². The summed E-state index contributed by atoms with van der Waals surface area (Å²) in [5, 5.41) is 9.03. The summed E-state index contributed by atoms with van der Waals surface area (Å²) in [4.78, 5) is 25.0. The molecule has 0 aliphatic carbocycles. The SMILES string of the molecule is CC(Oc1ccc(C(F)(F)F)cc1-c1ccc(C(=O)N2CCCC2)c(F)c1)C(=O)O. The van der Waals surface area contributed by atoms with Crippen molar-refractivity contribution in [1.82, 2.24) is 4.90 Å². The van der Waals surface area contributed by atoms with Crippen molar-refractivity contribution in [1.29, 1.82) is 0 Å². The third-order valence-electron chi connectivity index (χ3n) is 4.86. The summed E-state index contributed by atoms with van der Waals surface area (Å²) in [7, 11) is 0. The highest BCUT2D eigenvalue weighted by Crippen LogP contribution is 2.38. The summed E-state index contributed by atoms with van der Waals surface area (Å²) in [5.41, 5.74) is -1.26. The van der Waals surface area contributed by atoms with Gasteiger partial charge in [-0.1, -0.05) is 6.07 Å². The molecule has 0 bridgehead atoms. The Labute approximate surface area is 169 Å². The lowest BCUT2D eigenvalue weighted by Crippen LogP contribution is -2.28. The van der Waals surface area contributed by atoms with Gasteiger partial charge in [0.15, 0.2) is 6.10 Å². The van der Waals surface area contributed by atoms with Crippen molar-refractivity contribution < 1.29 is 37.0 Å². The van der Waals surface area contributed by atoms with Crippen molar-refractivity contribution in [3.8, 4) is 16.9 Å². The number of hydrogen-bond donors (Lipinski definition) is 1. The van der Waals surface area contributed by atoms with Gasteiger partial charge in [0.05, 0.1) is 11.1 Å². The fourth-order valence-electron chi connectivity index (χ4n) is 3.22. The fourth-order valence-corrected chi connectivity index (χ4v) is 3.22. The van der Waals surface area contributed by atoms with Crippen molar-refractivity contribution >= 4 is 11.9 Å². The van der Waals surface area contributed by atoms with E-state index in [9.17, 15) is 27.2 Å². The number of hydrogen-bond acceptors (Lipinski definition) is 3. The van der Waals surface area contributed by atoms with Crippen LogP contribution in [-0.2, 0) is 11.0 Å². The molecule has 1 atom stereocenters. The van der Waals surface area contributed by atoms with Gasteiger partial charge in [0.1, 0.15) is 11.6 Å². The number of amides is 1. The van der Waals surface area contributed by atoms with Crippen molar-refractivity contribution in [3.63, 3.8) is 0 Å². The topological polar surface area (TPSA) is 66.8 Å². The molecule has 1 aliphatic heterocycles. The monoisotopic (exact) mass is 425 g/mol. The zero-order valence-electron chi connectivity index (χ0n) is 16.0. The first kappa shape index (κ1) is 21.6. The molecule has 1 amide bonds. The van der Waals surface area contributed by atoms with Gasteiger partial charge in [-0.05, 0) is 55.7 Å². The summed E-state index contributed by atoms with van der Waals surface area (Å²) >= 11 is 0. The Hall–Kier alpha value is -3.10. The Bertz CT molecular complexity index is 968. The van der Waals surface area contributed by atoms with E-state index in [-0.39, 0.29) is 22.4 Å². The Morgan fingerprint density at radius 3 is 2.33 bits per heavy atom. The first-order chi connectivity index (χ1) is 14.1. The number of halogens is 4. The lowest BCUT2D eigenvalue weighted by atomic mass is 9.99. The predicted octanol–water partition coefficient (Wildman–Crippen LogP) is 4.60. The summed E-state index contributed by atoms with van der Waals surface area (Å²) in [6.07, 6.45) is -4.33. The number of carboxylic acid groups (broad SMARTS) is 1. The van der Waals surface area contributed by atoms with Crippen LogP contribution < -0.4 is 4.74 Å². The highest BCUT2D eigenvalue weighted by Gasteiger charge is 2.32. The minimum Gasteiger partial charge on any atom is -0.479 e. The Kier molecular flexibility index (Phi) is 6.00. The molecule has 1 heterocycles. The molecule has 1 aliphatic rings. The van der Waals surface area contributed by atoms with Crippen molar-refractivity contribution in [2.75, 3.05) is 13.1 Å². The maximum absolute atomic E-state index is 14.7. The fraction of sp³-hybridized carbons (Fsp3) is 0.333. The quantitative estimate of drug-likeness (QED) is 0.711. The second-order valence-electron chi connectivity index (χ2n) is 7.00. The predicted molar refractivity (Wildman–Crippen MR) is 99.7 cm³/mol. The molecule has 2 aromatic carbocycles. The normalized spacial score (nSPS) is 15.2. The molecule has 1 N–H and O–H groups in total. The van der Waals surface area contributed by atoms with Gasteiger partial charge in [-0.15, -0.1) is 0 Å². The van der Waals surface area contributed by atoms with Crippen LogP contribution >= 0.6 is 0 Å². The standard InChI is InChI=1S/C21H19F4NO4/c1-12(20(28)29)30-18-7-5-14(21(23,24)25)11-16(18)13-4-6-15(17(22)10-13)19(27)26-8-2-3-9-26/h4-7,10-12H,2-3,8-9H2,1H3,(H,28,29). The molecule has 2 aromatic rings. The average Bonchev–Trinajstić information content (AvgIpc) is 3.21. The van der Waals surface area contributed by atoms with Crippen LogP contribution in [0.15, 0.2) is 36.4 Å². The van der Waals surface area contributed by atoms with Crippen molar-refractivity contribution in [2.45, 2.75) is 32.0 Å². The average molecular weight is 425 g/mol. The molecule has 9 heteroatoms. The van der Waals surface area contributed by atoms with Gasteiger partial charge >= 0.3 is 12.1 Å². The van der Waals surface area contributed by atoms with Crippen LogP contribution in [0.3, 0.4) is 0 Å². The van der Waals surface area contributed by atoms with Crippen molar-refractivity contribution in [3.05, 3.63) is 53.3 Å². The van der Waals surface area contributed by atoms with Crippen LogP contribution in [0.25, 0.3) is 11.1 Å². The van der Waals surface area contributed by atoms with Gasteiger partial charge in [-0.3, -0.25) is 4.79 Å². The third kappa shape index (κ3) is 4.55. The van der Waals surface area contributed by atoms with Crippen molar-refractivity contribution in [2.24, 2.45) is 0 Å². The number of nitrogens with zero attached hydrogens (tertiary/aromatic N) is 1. The Morgan fingerprint density at radius 2 is 1.77 bits per heavy atom. The van der Waals surface area contributed by atoms with Gasteiger partial charge in [-0.2, -0.15) is 13.2 Å². The summed E-state index contributed by atoms with van der Waals surface area (Å²) < 4.78 is 59.5. The molecule has 0 aromatic heterocycles. The molecular formula is C21H19F4NO4. The molecule has 1 saturated heterocycles. The van der Waals surface area contributed by atoms with E-state index in [1.165, 1.54) is 24.0 Å². The molecule has 160 valence electrons. The first-order valence-electron chi connectivity index (χ1n) is 9.28. The minimum absolute atomic E-state index is 0.0316. The van der Waals surface area contributed by atoms with Gasteiger partial charge in [0, 0.05) is 18.7 Å². The number of carbonyl (C=O) groups excluding carboxylic acids is 1. The van der Waals surface area contributed by atoms with E-state index in [0.717, 1.165) is 37.1 Å². The molecule has 3 rings (SSSR count). The van der Waals surface area contributed by atoms with Gasteiger partial charge in [0.2, 0.25) is 0 Å². The lowest BCUT2D eigenvalue weighted by Gasteiger charge is -2.18.